The van der Waals surface area contributed by atoms with Crippen LogP contribution >= 0.6 is 11.3 Å². The average molecular weight is 625 g/mol. The molecule has 0 saturated carbocycles. The van der Waals surface area contributed by atoms with E-state index in [9.17, 15) is 19.5 Å². The lowest BCUT2D eigenvalue weighted by molar-refractivity contribution is -0.132. The molecular formula is C35H32N2O7S. The lowest BCUT2D eigenvalue weighted by Crippen LogP contribution is -2.29. The number of thiazole rings is 1. The van der Waals surface area contributed by atoms with E-state index in [0.717, 1.165) is 11.3 Å². The van der Waals surface area contributed by atoms with Crippen molar-refractivity contribution < 1.29 is 33.7 Å². The van der Waals surface area contributed by atoms with Gasteiger partial charge in [0.15, 0.2) is 5.13 Å². The first kappa shape index (κ1) is 31.2. The van der Waals surface area contributed by atoms with Gasteiger partial charge in [-0.15, -0.1) is 0 Å². The topological polar surface area (TPSA) is 115 Å². The molecule has 230 valence electrons. The van der Waals surface area contributed by atoms with E-state index < -0.39 is 23.7 Å². The highest BCUT2D eigenvalue weighted by Crippen LogP contribution is 2.45. The van der Waals surface area contributed by atoms with E-state index in [2.05, 4.69) is 11.6 Å². The minimum atomic E-state index is -1.08. The molecule has 4 aromatic rings. The van der Waals surface area contributed by atoms with Gasteiger partial charge in [0.2, 0.25) is 0 Å². The molecule has 1 aliphatic heterocycles. The molecule has 1 aromatic heterocycles. The fourth-order valence-corrected chi connectivity index (χ4v) is 5.71. The Labute approximate surface area is 265 Å². The molecule has 5 rings (SSSR count). The van der Waals surface area contributed by atoms with Gasteiger partial charge in [-0.1, -0.05) is 68.2 Å². The molecule has 0 spiro atoms. The molecule has 10 heteroatoms. The van der Waals surface area contributed by atoms with Gasteiger partial charge in [-0.2, -0.15) is 0 Å². The number of amides is 1. The molecule has 3 aromatic carbocycles. The first-order valence-corrected chi connectivity index (χ1v) is 15.1. The van der Waals surface area contributed by atoms with Crippen LogP contribution in [0.4, 0.5) is 5.13 Å². The smallest absolute Gasteiger partial charge is 0.350 e. The fourth-order valence-electron chi connectivity index (χ4n) is 4.72. The van der Waals surface area contributed by atoms with Crippen molar-refractivity contribution in [3.8, 4) is 17.2 Å². The summed E-state index contributed by atoms with van der Waals surface area (Å²) in [5.41, 5.74) is 1.03. The van der Waals surface area contributed by atoms with Crippen molar-refractivity contribution in [2.24, 2.45) is 5.92 Å². The second kappa shape index (κ2) is 13.6. The van der Waals surface area contributed by atoms with Crippen molar-refractivity contribution in [1.82, 2.24) is 4.98 Å². The maximum absolute atomic E-state index is 13.7. The van der Waals surface area contributed by atoms with E-state index in [1.165, 1.54) is 11.0 Å². The van der Waals surface area contributed by atoms with Crippen molar-refractivity contribution in [2.75, 3.05) is 18.1 Å². The summed E-state index contributed by atoms with van der Waals surface area (Å²) in [4.78, 5) is 45.9. The summed E-state index contributed by atoms with van der Waals surface area (Å²) in [6.45, 7) is 9.78. The number of aliphatic hydroxyl groups is 1. The second-order valence-corrected chi connectivity index (χ2v) is 11.7. The van der Waals surface area contributed by atoms with Crippen LogP contribution < -0.4 is 14.4 Å². The van der Waals surface area contributed by atoms with E-state index in [4.69, 9.17) is 14.2 Å². The lowest BCUT2D eigenvalue weighted by Gasteiger charge is -2.23. The van der Waals surface area contributed by atoms with Crippen molar-refractivity contribution in [3.05, 3.63) is 119 Å². The number of ketones is 1. The molecule has 0 aliphatic carbocycles. The van der Waals surface area contributed by atoms with Gasteiger partial charge in [0.05, 0.1) is 23.9 Å². The number of aromatic nitrogens is 1. The Hall–Kier alpha value is -5.22. The molecule has 0 radical (unpaired) electrons. The number of rotatable bonds is 11. The summed E-state index contributed by atoms with van der Waals surface area (Å²) in [6.07, 6.45) is 1.45. The van der Waals surface area contributed by atoms with E-state index in [0.29, 0.717) is 46.6 Å². The van der Waals surface area contributed by atoms with Crippen LogP contribution in [0.2, 0.25) is 0 Å². The molecule has 0 bridgehead atoms. The zero-order valence-corrected chi connectivity index (χ0v) is 25.9. The zero-order valence-electron chi connectivity index (χ0n) is 25.1. The number of ether oxygens (including phenoxy) is 3. The minimum absolute atomic E-state index is 0.00548. The Bertz CT molecular complexity index is 1760. The number of nitrogens with zero attached hydrogens (tertiary/aromatic N) is 2. The van der Waals surface area contributed by atoms with Crippen LogP contribution in [0, 0.1) is 12.8 Å². The number of carbonyl (C=O) groups is 3. The van der Waals surface area contributed by atoms with Crippen LogP contribution in [0.15, 0.2) is 97.1 Å². The maximum Gasteiger partial charge on any atom is 0.350 e. The Morgan fingerprint density at radius 3 is 2.42 bits per heavy atom. The molecule has 1 atom stereocenters. The summed E-state index contributed by atoms with van der Waals surface area (Å²) < 4.78 is 17.0. The molecule has 1 N–H and O–H groups in total. The first-order chi connectivity index (χ1) is 21.7. The van der Waals surface area contributed by atoms with Crippen LogP contribution in [0.3, 0.4) is 0 Å². The standard InChI is InChI=1S/C35H32N2O7S/c1-5-18-42-34(41)32-22(4)36-35(45-32)37-29(24-10-9-13-27(19-24)44-26-11-7-6-8-12-26)28(31(39)33(37)40)30(38)23-14-16-25(17-15-23)43-20-21(2)3/h5-17,19,21,29,38H,1,18,20H2,2-4H3/b30-28+. The quantitative estimate of drug-likeness (QED) is 0.0610. The van der Waals surface area contributed by atoms with Crippen molar-refractivity contribution in [1.29, 1.82) is 0 Å². The van der Waals surface area contributed by atoms with E-state index >= 15 is 0 Å². The number of para-hydroxylation sites is 1. The molecule has 1 aliphatic rings. The number of hydrogen-bond donors (Lipinski definition) is 1. The maximum atomic E-state index is 13.7. The minimum Gasteiger partial charge on any atom is -0.507 e. The number of Topliss-reactive ketones (excluding diaryl/α,β-unsaturated/α-hetero) is 1. The number of esters is 1. The SMILES string of the molecule is C=CCOC(=O)c1sc(N2C(=O)C(=O)/C(=C(/O)c3ccc(OCC(C)C)cc3)C2c2cccc(Oc3ccccc3)c2)nc1C. The summed E-state index contributed by atoms with van der Waals surface area (Å²) in [5.74, 6) is -0.775. The highest BCUT2D eigenvalue weighted by atomic mass is 32.1. The third-order valence-corrected chi connectivity index (χ3v) is 7.95. The molecular weight excluding hydrogens is 592 g/mol. The normalized spacial score (nSPS) is 15.7. The molecule has 2 heterocycles. The number of aryl methyl sites for hydroxylation is 1. The molecule has 1 unspecified atom stereocenters. The Morgan fingerprint density at radius 2 is 1.73 bits per heavy atom. The Morgan fingerprint density at radius 1 is 1.02 bits per heavy atom. The van der Waals surface area contributed by atoms with E-state index in [-0.39, 0.29) is 27.9 Å². The van der Waals surface area contributed by atoms with Gasteiger partial charge in [-0.05, 0) is 66.9 Å². The number of carbonyl (C=O) groups excluding carboxylic acids is 3. The molecule has 45 heavy (non-hydrogen) atoms. The number of benzene rings is 3. The van der Waals surface area contributed by atoms with Gasteiger partial charge >= 0.3 is 11.9 Å². The highest BCUT2D eigenvalue weighted by molar-refractivity contribution is 7.17. The van der Waals surface area contributed by atoms with Crippen LogP contribution in [-0.2, 0) is 14.3 Å². The lowest BCUT2D eigenvalue weighted by atomic mass is 9.95. The molecule has 9 nitrogen and oxygen atoms in total. The summed E-state index contributed by atoms with van der Waals surface area (Å²) in [7, 11) is 0. The molecule has 1 amide bonds. The van der Waals surface area contributed by atoms with Crippen LogP contribution in [-0.4, -0.2) is 41.0 Å². The van der Waals surface area contributed by atoms with Crippen molar-refractivity contribution in [2.45, 2.75) is 26.8 Å². The summed E-state index contributed by atoms with van der Waals surface area (Å²) in [5, 5.41) is 11.7. The molecule has 1 saturated heterocycles. The predicted octanol–water partition coefficient (Wildman–Crippen LogP) is 7.25. The monoisotopic (exact) mass is 624 g/mol. The Balaban J connectivity index is 1.60. The summed E-state index contributed by atoms with van der Waals surface area (Å²) in [6, 6.07) is 21.7. The van der Waals surface area contributed by atoms with Gasteiger partial charge in [-0.3, -0.25) is 14.5 Å². The third-order valence-electron chi connectivity index (χ3n) is 6.82. The fraction of sp³-hybridized carbons (Fsp3) is 0.200. The predicted molar refractivity (Wildman–Crippen MR) is 172 cm³/mol. The van der Waals surface area contributed by atoms with Crippen molar-refractivity contribution in [3.63, 3.8) is 0 Å². The van der Waals surface area contributed by atoms with Crippen LogP contribution in [0.1, 0.15) is 46.4 Å². The molecule has 1 fully saturated rings. The number of hydrogen-bond acceptors (Lipinski definition) is 9. The highest BCUT2D eigenvalue weighted by Gasteiger charge is 2.48. The number of aliphatic hydroxyl groups excluding tert-OH is 1. The van der Waals surface area contributed by atoms with Crippen LogP contribution in [0.25, 0.3) is 5.76 Å². The number of anilines is 1. The van der Waals surface area contributed by atoms with Gasteiger partial charge < -0.3 is 19.3 Å². The van der Waals surface area contributed by atoms with Gasteiger partial charge in [0.25, 0.3) is 5.78 Å². The second-order valence-electron chi connectivity index (χ2n) is 10.7. The first-order valence-electron chi connectivity index (χ1n) is 14.3. The van der Waals surface area contributed by atoms with Gasteiger partial charge in [0.1, 0.15) is 34.5 Å². The third kappa shape index (κ3) is 6.81. The van der Waals surface area contributed by atoms with Gasteiger partial charge in [-0.25, -0.2) is 9.78 Å². The zero-order chi connectivity index (χ0) is 32.1. The van der Waals surface area contributed by atoms with Crippen LogP contribution in [0.5, 0.6) is 17.2 Å². The average Bonchev–Trinajstić information content (AvgIpc) is 3.55. The van der Waals surface area contributed by atoms with Gasteiger partial charge in [0, 0.05) is 5.56 Å². The van der Waals surface area contributed by atoms with Crippen molar-refractivity contribution >= 4 is 39.9 Å². The van der Waals surface area contributed by atoms with E-state index in [1.807, 2.05) is 32.0 Å². The van der Waals surface area contributed by atoms with E-state index in [1.54, 1.807) is 67.6 Å². The summed E-state index contributed by atoms with van der Waals surface area (Å²) >= 11 is 0.926. The largest absolute Gasteiger partial charge is 0.507 e. The Kier molecular flexibility index (Phi) is 9.44.